The SMILES string of the molecule is CCCC(C)(O)C/C(=C/C#N)c1ccc(OC)cc1. The van der Waals surface area contributed by atoms with Crippen LogP contribution in [0.5, 0.6) is 5.75 Å². The third-order valence-electron chi connectivity index (χ3n) is 3.06. The molecule has 1 atom stereocenters. The molecule has 1 aromatic carbocycles. The zero-order valence-electron chi connectivity index (χ0n) is 11.8. The highest BCUT2D eigenvalue weighted by atomic mass is 16.5. The maximum absolute atomic E-state index is 10.3. The number of benzene rings is 1. The zero-order chi connectivity index (χ0) is 14.3. The molecule has 102 valence electrons. The molecule has 0 amide bonds. The fourth-order valence-electron chi connectivity index (χ4n) is 2.16. The van der Waals surface area contributed by atoms with Crippen LogP contribution in [0, 0.1) is 11.3 Å². The molecule has 0 saturated carbocycles. The van der Waals surface area contributed by atoms with Crippen molar-refractivity contribution in [2.45, 2.75) is 38.7 Å². The lowest BCUT2D eigenvalue weighted by atomic mass is 9.88. The summed E-state index contributed by atoms with van der Waals surface area (Å²) in [6.45, 7) is 3.85. The Kier molecular flexibility index (Phi) is 5.59. The molecule has 1 aromatic rings. The number of methoxy groups -OCH3 is 1. The number of aliphatic hydroxyl groups is 1. The largest absolute Gasteiger partial charge is 0.497 e. The van der Waals surface area contributed by atoms with Crippen LogP contribution in [0.15, 0.2) is 30.3 Å². The summed E-state index contributed by atoms with van der Waals surface area (Å²) in [4.78, 5) is 0. The van der Waals surface area contributed by atoms with Gasteiger partial charge in [-0.05, 0) is 36.6 Å². The lowest BCUT2D eigenvalue weighted by Gasteiger charge is -2.24. The molecular formula is C16H21NO2. The van der Waals surface area contributed by atoms with Crippen LogP contribution in [0.3, 0.4) is 0 Å². The minimum Gasteiger partial charge on any atom is -0.497 e. The third-order valence-corrected chi connectivity index (χ3v) is 3.06. The van der Waals surface area contributed by atoms with E-state index in [4.69, 9.17) is 10.00 Å². The van der Waals surface area contributed by atoms with Gasteiger partial charge in [0.15, 0.2) is 0 Å². The van der Waals surface area contributed by atoms with E-state index in [0.29, 0.717) is 12.8 Å². The van der Waals surface area contributed by atoms with Crippen molar-refractivity contribution in [3.05, 3.63) is 35.9 Å². The molecule has 0 aliphatic heterocycles. The Bertz CT molecular complexity index is 467. The Morgan fingerprint density at radius 3 is 2.53 bits per heavy atom. The van der Waals surface area contributed by atoms with Crippen molar-refractivity contribution in [3.8, 4) is 11.8 Å². The first-order valence-electron chi connectivity index (χ1n) is 6.48. The molecule has 1 rings (SSSR count). The summed E-state index contributed by atoms with van der Waals surface area (Å²) in [5.41, 5.74) is 1.01. The summed E-state index contributed by atoms with van der Waals surface area (Å²) in [7, 11) is 1.62. The minimum atomic E-state index is -0.780. The van der Waals surface area contributed by atoms with Crippen LogP contribution in [-0.4, -0.2) is 17.8 Å². The number of allylic oxidation sites excluding steroid dienone is 1. The highest BCUT2D eigenvalue weighted by Crippen LogP contribution is 2.29. The standard InChI is InChI=1S/C16H21NO2/c1-4-10-16(2,18)12-14(9-11-17)13-5-7-15(19-3)8-6-13/h5-9,18H,4,10,12H2,1-3H3/b14-9-. The molecule has 1 unspecified atom stereocenters. The summed E-state index contributed by atoms with van der Waals surface area (Å²) >= 11 is 0. The highest BCUT2D eigenvalue weighted by molar-refractivity contribution is 5.68. The molecule has 1 N–H and O–H groups in total. The van der Waals surface area contributed by atoms with Gasteiger partial charge in [0.25, 0.3) is 0 Å². The molecule has 3 heteroatoms. The van der Waals surface area contributed by atoms with Gasteiger partial charge in [-0.2, -0.15) is 5.26 Å². The zero-order valence-corrected chi connectivity index (χ0v) is 11.8. The van der Waals surface area contributed by atoms with E-state index in [1.54, 1.807) is 7.11 Å². The van der Waals surface area contributed by atoms with E-state index in [-0.39, 0.29) is 0 Å². The van der Waals surface area contributed by atoms with Gasteiger partial charge in [0.1, 0.15) is 5.75 Å². The number of nitrogens with zero attached hydrogens (tertiary/aromatic N) is 1. The van der Waals surface area contributed by atoms with Gasteiger partial charge >= 0.3 is 0 Å². The molecule has 0 radical (unpaired) electrons. The molecule has 3 nitrogen and oxygen atoms in total. The molecule has 19 heavy (non-hydrogen) atoms. The van der Waals surface area contributed by atoms with E-state index in [2.05, 4.69) is 6.07 Å². The Balaban J connectivity index is 2.95. The van der Waals surface area contributed by atoms with Gasteiger partial charge in [-0.1, -0.05) is 25.5 Å². The number of rotatable bonds is 6. The molecule has 0 fully saturated rings. The van der Waals surface area contributed by atoms with Gasteiger partial charge in [-0.25, -0.2) is 0 Å². The topological polar surface area (TPSA) is 53.2 Å². The van der Waals surface area contributed by atoms with E-state index in [0.717, 1.165) is 23.3 Å². The Morgan fingerprint density at radius 1 is 1.42 bits per heavy atom. The second-order valence-corrected chi connectivity index (χ2v) is 4.95. The number of ether oxygens (including phenoxy) is 1. The first kappa shape index (κ1) is 15.3. The summed E-state index contributed by atoms with van der Waals surface area (Å²) in [5.74, 6) is 0.778. The van der Waals surface area contributed by atoms with Crippen LogP contribution < -0.4 is 4.74 Å². The summed E-state index contributed by atoms with van der Waals surface area (Å²) in [6, 6.07) is 9.58. The predicted molar refractivity (Wildman–Crippen MR) is 76.7 cm³/mol. The van der Waals surface area contributed by atoms with Crippen LogP contribution in [0.2, 0.25) is 0 Å². The van der Waals surface area contributed by atoms with Crippen LogP contribution in [0.4, 0.5) is 0 Å². The second kappa shape index (κ2) is 6.96. The quantitative estimate of drug-likeness (QED) is 0.795. The fourth-order valence-corrected chi connectivity index (χ4v) is 2.16. The molecule has 0 aliphatic rings. The summed E-state index contributed by atoms with van der Waals surface area (Å²) < 4.78 is 5.11. The van der Waals surface area contributed by atoms with E-state index < -0.39 is 5.60 Å². The van der Waals surface area contributed by atoms with Crippen LogP contribution in [-0.2, 0) is 0 Å². The molecule has 0 spiro atoms. The first-order valence-corrected chi connectivity index (χ1v) is 6.48. The molecule has 0 aromatic heterocycles. The number of hydrogen-bond acceptors (Lipinski definition) is 3. The van der Waals surface area contributed by atoms with E-state index in [9.17, 15) is 5.11 Å². The van der Waals surface area contributed by atoms with Crippen molar-refractivity contribution in [1.82, 2.24) is 0 Å². The third kappa shape index (κ3) is 4.76. The van der Waals surface area contributed by atoms with Crippen molar-refractivity contribution in [1.29, 1.82) is 5.26 Å². The number of nitriles is 1. The molecule has 0 saturated heterocycles. The van der Waals surface area contributed by atoms with Crippen molar-refractivity contribution in [2.75, 3.05) is 7.11 Å². The monoisotopic (exact) mass is 259 g/mol. The van der Waals surface area contributed by atoms with Crippen molar-refractivity contribution >= 4 is 5.57 Å². The normalized spacial score (nSPS) is 14.6. The smallest absolute Gasteiger partial charge is 0.118 e. The van der Waals surface area contributed by atoms with Crippen molar-refractivity contribution < 1.29 is 9.84 Å². The molecule has 0 bridgehead atoms. The number of hydrogen-bond donors (Lipinski definition) is 1. The Labute approximate surface area is 115 Å². The lowest BCUT2D eigenvalue weighted by Crippen LogP contribution is -2.24. The van der Waals surface area contributed by atoms with Crippen LogP contribution in [0.1, 0.15) is 38.7 Å². The first-order chi connectivity index (χ1) is 9.02. The molecule has 0 heterocycles. The summed E-state index contributed by atoms with van der Waals surface area (Å²) in [6.07, 6.45) is 3.61. The van der Waals surface area contributed by atoms with Gasteiger partial charge in [-0.15, -0.1) is 0 Å². The van der Waals surface area contributed by atoms with E-state index >= 15 is 0 Å². The fraction of sp³-hybridized carbons (Fsp3) is 0.438. The van der Waals surface area contributed by atoms with Crippen molar-refractivity contribution in [3.63, 3.8) is 0 Å². The van der Waals surface area contributed by atoms with Gasteiger partial charge < -0.3 is 9.84 Å². The average Bonchev–Trinajstić information content (AvgIpc) is 2.38. The van der Waals surface area contributed by atoms with Gasteiger partial charge in [-0.3, -0.25) is 0 Å². The average molecular weight is 259 g/mol. The maximum atomic E-state index is 10.3. The summed E-state index contributed by atoms with van der Waals surface area (Å²) in [5, 5.41) is 19.2. The van der Waals surface area contributed by atoms with Gasteiger partial charge in [0.05, 0.1) is 18.8 Å². The van der Waals surface area contributed by atoms with Crippen molar-refractivity contribution in [2.24, 2.45) is 0 Å². The van der Waals surface area contributed by atoms with Crippen LogP contribution >= 0.6 is 0 Å². The maximum Gasteiger partial charge on any atom is 0.118 e. The Hall–Kier alpha value is -1.79. The predicted octanol–water partition coefficient (Wildman–Crippen LogP) is 3.54. The molecular weight excluding hydrogens is 238 g/mol. The van der Waals surface area contributed by atoms with Gasteiger partial charge in [0.2, 0.25) is 0 Å². The second-order valence-electron chi connectivity index (χ2n) is 4.95. The Morgan fingerprint density at radius 2 is 2.05 bits per heavy atom. The van der Waals surface area contributed by atoms with E-state index in [1.165, 1.54) is 6.08 Å². The van der Waals surface area contributed by atoms with Gasteiger partial charge in [0, 0.05) is 12.5 Å². The van der Waals surface area contributed by atoms with E-state index in [1.807, 2.05) is 38.1 Å². The minimum absolute atomic E-state index is 0.473. The lowest BCUT2D eigenvalue weighted by molar-refractivity contribution is 0.0556. The van der Waals surface area contributed by atoms with Crippen LogP contribution in [0.25, 0.3) is 5.57 Å². The molecule has 0 aliphatic carbocycles. The highest BCUT2D eigenvalue weighted by Gasteiger charge is 2.21.